The van der Waals surface area contributed by atoms with Crippen molar-refractivity contribution in [1.29, 1.82) is 0 Å². The average Bonchev–Trinajstić information content (AvgIpc) is 3.11. The van der Waals surface area contributed by atoms with Crippen LogP contribution < -0.4 is 16.0 Å². The maximum Gasteiger partial charge on any atom is 0.239 e. The molecule has 0 spiro atoms. The van der Waals surface area contributed by atoms with Gasteiger partial charge in [0.05, 0.1) is 6.54 Å². The highest BCUT2D eigenvalue weighted by atomic mass is 16.1. The van der Waals surface area contributed by atoms with Crippen LogP contribution in [0.15, 0.2) is 65.7 Å². The van der Waals surface area contributed by atoms with E-state index in [-0.39, 0.29) is 12.5 Å². The molecular weight excluding hydrogens is 374 g/mol. The first kappa shape index (κ1) is 21.8. The zero-order chi connectivity index (χ0) is 21.2. The van der Waals surface area contributed by atoms with Crippen LogP contribution >= 0.6 is 0 Å². The fourth-order valence-corrected chi connectivity index (χ4v) is 3.85. The van der Waals surface area contributed by atoms with E-state index in [2.05, 4.69) is 75.2 Å². The van der Waals surface area contributed by atoms with Gasteiger partial charge in [0.1, 0.15) is 0 Å². The molecule has 1 saturated heterocycles. The van der Waals surface area contributed by atoms with Crippen molar-refractivity contribution in [3.8, 4) is 0 Å². The predicted molar refractivity (Wildman–Crippen MR) is 122 cm³/mol. The van der Waals surface area contributed by atoms with Gasteiger partial charge in [-0.15, -0.1) is 0 Å². The van der Waals surface area contributed by atoms with Crippen molar-refractivity contribution in [3.05, 3.63) is 71.8 Å². The summed E-state index contributed by atoms with van der Waals surface area (Å²) in [5.74, 6) is 0.645. The lowest BCUT2D eigenvalue weighted by Gasteiger charge is -2.21. The summed E-state index contributed by atoms with van der Waals surface area (Å²) >= 11 is 0. The number of carbonyl (C=O) groups excluding carboxylic acids is 1. The predicted octanol–water partition coefficient (Wildman–Crippen LogP) is 2.17. The molecule has 2 atom stereocenters. The van der Waals surface area contributed by atoms with Crippen molar-refractivity contribution >= 4 is 11.9 Å². The van der Waals surface area contributed by atoms with Gasteiger partial charge in [-0.2, -0.15) is 0 Å². The molecule has 1 amide bonds. The first-order valence-corrected chi connectivity index (χ1v) is 10.7. The molecule has 6 nitrogen and oxygen atoms in total. The monoisotopic (exact) mass is 407 g/mol. The second-order valence-corrected chi connectivity index (χ2v) is 7.85. The zero-order valence-electron chi connectivity index (χ0n) is 18.0. The van der Waals surface area contributed by atoms with Gasteiger partial charge in [-0.3, -0.25) is 14.7 Å². The summed E-state index contributed by atoms with van der Waals surface area (Å²) in [6, 6.07) is 21.5. The number of guanidine groups is 1. The minimum atomic E-state index is -0.0284. The van der Waals surface area contributed by atoms with Crippen molar-refractivity contribution in [2.75, 3.05) is 26.7 Å². The Balaban J connectivity index is 1.37. The van der Waals surface area contributed by atoms with Gasteiger partial charge in [0.2, 0.25) is 5.91 Å². The summed E-state index contributed by atoms with van der Waals surface area (Å²) in [5.41, 5.74) is 2.55. The molecule has 1 fully saturated rings. The van der Waals surface area contributed by atoms with Gasteiger partial charge >= 0.3 is 0 Å². The molecule has 160 valence electrons. The fourth-order valence-electron chi connectivity index (χ4n) is 3.85. The van der Waals surface area contributed by atoms with Crippen LogP contribution in [-0.4, -0.2) is 55.5 Å². The Morgan fingerprint density at radius 3 is 2.37 bits per heavy atom. The van der Waals surface area contributed by atoms with Gasteiger partial charge in [0.25, 0.3) is 0 Å². The number of amides is 1. The van der Waals surface area contributed by atoms with Crippen LogP contribution in [-0.2, 0) is 17.8 Å². The number of likely N-dealkylation sites (tertiary alicyclic amines) is 1. The number of benzene rings is 2. The Bertz CT molecular complexity index is 809. The molecule has 3 N–H and O–H groups in total. The highest BCUT2D eigenvalue weighted by Crippen LogP contribution is 2.20. The first-order valence-electron chi connectivity index (χ1n) is 10.7. The molecule has 2 unspecified atom stereocenters. The van der Waals surface area contributed by atoms with Gasteiger partial charge in [-0.25, -0.2) is 0 Å². The van der Waals surface area contributed by atoms with Crippen LogP contribution in [0.25, 0.3) is 0 Å². The summed E-state index contributed by atoms with van der Waals surface area (Å²) in [4.78, 5) is 18.9. The summed E-state index contributed by atoms with van der Waals surface area (Å²) in [5, 5.41) is 9.55. The third kappa shape index (κ3) is 6.88. The van der Waals surface area contributed by atoms with Gasteiger partial charge in [-0.1, -0.05) is 60.7 Å². The molecule has 0 aliphatic carbocycles. The Labute approximate surface area is 179 Å². The van der Waals surface area contributed by atoms with E-state index in [9.17, 15) is 4.79 Å². The van der Waals surface area contributed by atoms with E-state index in [1.165, 1.54) is 11.1 Å². The second kappa shape index (κ2) is 11.4. The van der Waals surface area contributed by atoms with Crippen molar-refractivity contribution in [1.82, 2.24) is 20.9 Å². The standard InChI is InChI=1S/C24H33N5O/c1-19-15-22(18-29(19)17-21-11-7-4-8-12-21)28-24(25-2)27-16-23(30)26-14-13-20-9-5-3-6-10-20/h3-12,19,22H,13-18H2,1-2H3,(H,26,30)(H2,25,27,28). The number of hydrogen-bond donors (Lipinski definition) is 3. The number of hydrogen-bond acceptors (Lipinski definition) is 3. The molecular formula is C24H33N5O. The van der Waals surface area contributed by atoms with Gasteiger partial charge in [-0.05, 0) is 30.9 Å². The first-order chi connectivity index (χ1) is 14.6. The lowest BCUT2D eigenvalue weighted by molar-refractivity contribution is -0.119. The van der Waals surface area contributed by atoms with Crippen LogP contribution in [0.5, 0.6) is 0 Å². The largest absolute Gasteiger partial charge is 0.354 e. The molecule has 30 heavy (non-hydrogen) atoms. The average molecular weight is 408 g/mol. The van der Waals surface area contributed by atoms with Crippen molar-refractivity contribution in [2.24, 2.45) is 4.99 Å². The molecule has 6 heteroatoms. The Morgan fingerprint density at radius 1 is 1.03 bits per heavy atom. The molecule has 1 heterocycles. The summed E-state index contributed by atoms with van der Waals surface area (Å²) in [7, 11) is 1.74. The zero-order valence-corrected chi connectivity index (χ0v) is 18.0. The smallest absolute Gasteiger partial charge is 0.239 e. The molecule has 0 aromatic heterocycles. The molecule has 0 saturated carbocycles. The number of carbonyl (C=O) groups is 1. The number of aliphatic imine (C=N–C) groups is 1. The van der Waals surface area contributed by atoms with Crippen LogP contribution in [0.1, 0.15) is 24.5 Å². The molecule has 2 aromatic rings. The van der Waals surface area contributed by atoms with Gasteiger partial charge < -0.3 is 16.0 Å². The van der Waals surface area contributed by atoms with E-state index >= 15 is 0 Å². The SMILES string of the molecule is CN=C(NCC(=O)NCCc1ccccc1)NC1CC(C)N(Cc2ccccc2)C1. The summed E-state index contributed by atoms with van der Waals surface area (Å²) in [6.07, 6.45) is 1.88. The number of rotatable bonds is 8. The topological polar surface area (TPSA) is 68.8 Å². The normalized spacial score (nSPS) is 19.5. The van der Waals surface area contributed by atoms with Crippen LogP contribution in [0, 0.1) is 0 Å². The van der Waals surface area contributed by atoms with Gasteiger partial charge in [0.15, 0.2) is 5.96 Å². The third-order valence-electron chi connectivity index (χ3n) is 5.49. The van der Waals surface area contributed by atoms with Crippen LogP contribution in [0.3, 0.4) is 0 Å². The quantitative estimate of drug-likeness (QED) is 0.463. The van der Waals surface area contributed by atoms with E-state index < -0.39 is 0 Å². The minimum absolute atomic E-state index is 0.0284. The van der Waals surface area contributed by atoms with E-state index in [1.807, 2.05) is 18.2 Å². The molecule has 2 aromatic carbocycles. The Kier molecular flexibility index (Phi) is 8.27. The molecule has 3 rings (SSSR count). The second-order valence-electron chi connectivity index (χ2n) is 7.85. The number of nitrogens with zero attached hydrogens (tertiary/aromatic N) is 2. The van der Waals surface area contributed by atoms with Crippen molar-refractivity contribution in [2.45, 2.75) is 38.4 Å². The third-order valence-corrected chi connectivity index (χ3v) is 5.49. The fraction of sp³-hybridized carbons (Fsp3) is 0.417. The van der Waals surface area contributed by atoms with Crippen molar-refractivity contribution < 1.29 is 4.79 Å². The maximum absolute atomic E-state index is 12.1. The van der Waals surface area contributed by atoms with E-state index in [1.54, 1.807) is 7.05 Å². The van der Waals surface area contributed by atoms with Gasteiger partial charge in [0, 0.05) is 38.8 Å². The lowest BCUT2D eigenvalue weighted by Crippen LogP contribution is -2.47. The molecule has 0 radical (unpaired) electrons. The van der Waals surface area contributed by atoms with E-state index in [0.717, 1.165) is 25.9 Å². The summed E-state index contributed by atoms with van der Waals surface area (Å²) < 4.78 is 0. The molecule has 0 bridgehead atoms. The Morgan fingerprint density at radius 2 is 1.70 bits per heavy atom. The highest BCUT2D eigenvalue weighted by molar-refractivity contribution is 5.86. The van der Waals surface area contributed by atoms with Crippen LogP contribution in [0.2, 0.25) is 0 Å². The lowest BCUT2D eigenvalue weighted by atomic mass is 10.1. The minimum Gasteiger partial charge on any atom is -0.354 e. The molecule has 1 aliphatic heterocycles. The highest BCUT2D eigenvalue weighted by Gasteiger charge is 2.29. The number of nitrogens with one attached hydrogen (secondary N) is 3. The van der Waals surface area contributed by atoms with E-state index in [4.69, 9.17) is 0 Å². The summed E-state index contributed by atoms with van der Waals surface area (Å²) in [6.45, 7) is 5.02. The van der Waals surface area contributed by atoms with Crippen molar-refractivity contribution in [3.63, 3.8) is 0 Å². The molecule has 1 aliphatic rings. The Hall–Kier alpha value is -2.86. The van der Waals surface area contributed by atoms with Crippen LogP contribution in [0.4, 0.5) is 0 Å². The maximum atomic E-state index is 12.1. The van der Waals surface area contributed by atoms with E-state index in [0.29, 0.717) is 24.6 Å².